The smallest absolute Gasteiger partial charge is 0.303 e. The van der Waals surface area contributed by atoms with Gasteiger partial charge in [0.05, 0.1) is 5.56 Å². The first-order valence-corrected chi connectivity index (χ1v) is 9.46. The Morgan fingerprint density at radius 2 is 1.81 bits per heavy atom. The zero-order valence-corrected chi connectivity index (χ0v) is 15.7. The van der Waals surface area contributed by atoms with E-state index < -0.39 is 11.9 Å². The summed E-state index contributed by atoms with van der Waals surface area (Å²) in [6.07, 6.45) is 3.90. The van der Waals surface area contributed by atoms with Crippen molar-refractivity contribution in [1.29, 1.82) is 0 Å². The Hall–Kier alpha value is -2.47. The predicted molar refractivity (Wildman–Crippen MR) is 101 cm³/mol. The topological polar surface area (TPSA) is 72.5 Å². The van der Waals surface area contributed by atoms with Gasteiger partial charge in [-0.15, -0.1) is 11.3 Å². The number of ether oxygens (including phenoxy) is 1. The molecule has 26 heavy (non-hydrogen) atoms. The number of benzene rings is 1. The summed E-state index contributed by atoms with van der Waals surface area (Å²) in [6, 6.07) is 7.44. The van der Waals surface area contributed by atoms with Crippen LogP contribution in [0.2, 0.25) is 0 Å². The molecule has 0 saturated carbocycles. The molecule has 1 aromatic heterocycles. The molecule has 0 saturated heterocycles. The van der Waals surface area contributed by atoms with E-state index >= 15 is 0 Å². The highest BCUT2D eigenvalue weighted by Gasteiger charge is 2.27. The first-order valence-electron chi connectivity index (χ1n) is 8.65. The summed E-state index contributed by atoms with van der Waals surface area (Å²) in [6.45, 7) is 2.88. The highest BCUT2D eigenvalue weighted by atomic mass is 32.1. The average Bonchev–Trinajstić information content (AvgIpc) is 2.97. The Morgan fingerprint density at radius 1 is 1.12 bits per heavy atom. The lowest BCUT2D eigenvalue weighted by Gasteiger charge is -2.13. The Balaban J connectivity index is 1.93. The molecule has 0 fully saturated rings. The fraction of sp³-hybridized carbons (Fsp3) is 0.350. The third kappa shape index (κ3) is 4.02. The molecule has 1 heterocycles. The van der Waals surface area contributed by atoms with E-state index in [2.05, 4.69) is 5.32 Å². The second kappa shape index (κ2) is 7.83. The molecule has 5 nitrogen and oxygen atoms in total. The highest BCUT2D eigenvalue weighted by molar-refractivity contribution is 7.17. The van der Waals surface area contributed by atoms with Crippen LogP contribution in [0.4, 0.5) is 5.00 Å². The Kier molecular flexibility index (Phi) is 5.52. The fourth-order valence-electron chi connectivity index (χ4n) is 3.07. The van der Waals surface area contributed by atoms with Crippen molar-refractivity contribution in [3.8, 4) is 0 Å². The summed E-state index contributed by atoms with van der Waals surface area (Å²) in [5.41, 5.74) is 3.33. The van der Waals surface area contributed by atoms with Crippen LogP contribution in [0, 0.1) is 6.92 Å². The molecule has 6 heteroatoms. The van der Waals surface area contributed by atoms with Crippen molar-refractivity contribution in [3.05, 3.63) is 51.4 Å². The van der Waals surface area contributed by atoms with Gasteiger partial charge in [0.2, 0.25) is 0 Å². The molecule has 3 rings (SSSR count). The first kappa shape index (κ1) is 18.3. The summed E-state index contributed by atoms with van der Waals surface area (Å²) in [5.74, 6) is -1.02. The monoisotopic (exact) mass is 371 g/mol. The summed E-state index contributed by atoms with van der Waals surface area (Å²) in [4.78, 5) is 37.3. The maximum absolute atomic E-state index is 13.1. The minimum Gasteiger partial charge on any atom is -0.456 e. The molecule has 2 aromatic rings. The van der Waals surface area contributed by atoms with Gasteiger partial charge in [0.15, 0.2) is 12.4 Å². The minimum absolute atomic E-state index is 0.0767. The van der Waals surface area contributed by atoms with Crippen molar-refractivity contribution >= 4 is 34.0 Å². The molecule has 136 valence electrons. The van der Waals surface area contributed by atoms with Crippen LogP contribution in [0.3, 0.4) is 0 Å². The normalized spacial score (nSPS) is 13.0. The number of carbonyl (C=O) groups is 3. The Morgan fingerprint density at radius 3 is 2.50 bits per heavy atom. The third-order valence-corrected chi connectivity index (χ3v) is 5.58. The number of hydrogen-bond acceptors (Lipinski definition) is 5. The second-order valence-corrected chi connectivity index (χ2v) is 7.54. The van der Waals surface area contributed by atoms with Crippen molar-refractivity contribution in [2.24, 2.45) is 0 Å². The molecule has 0 atom stereocenters. The molecule has 1 amide bonds. The van der Waals surface area contributed by atoms with Gasteiger partial charge in [-0.2, -0.15) is 0 Å². The van der Waals surface area contributed by atoms with Crippen LogP contribution in [0.25, 0.3) is 0 Å². The number of fused-ring (bicyclic) bond motifs is 1. The third-order valence-electron chi connectivity index (χ3n) is 4.37. The molecule has 0 aliphatic heterocycles. The quantitative estimate of drug-likeness (QED) is 0.643. The van der Waals surface area contributed by atoms with E-state index in [4.69, 9.17) is 4.74 Å². The van der Waals surface area contributed by atoms with Crippen LogP contribution in [-0.4, -0.2) is 24.3 Å². The van der Waals surface area contributed by atoms with E-state index in [1.54, 1.807) is 0 Å². The van der Waals surface area contributed by atoms with Gasteiger partial charge in [-0.3, -0.25) is 14.4 Å². The summed E-state index contributed by atoms with van der Waals surface area (Å²) >= 11 is 1.46. The maximum Gasteiger partial charge on any atom is 0.303 e. The van der Waals surface area contributed by atoms with Crippen molar-refractivity contribution in [2.75, 3.05) is 11.9 Å². The van der Waals surface area contributed by atoms with Gasteiger partial charge in [0.1, 0.15) is 5.00 Å². The van der Waals surface area contributed by atoms with Crippen LogP contribution in [0.15, 0.2) is 24.3 Å². The standard InChI is InChI=1S/C20H21NO4S/c1-12-7-9-14(10-8-12)19(24)18-15-5-3-4-6-16(15)26-20(18)21-17(23)11-25-13(2)22/h7-10H,3-6,11H2,1-2H3,(H,21,23). The molecule has 0 bridgehead atoms. The summed E-state index contributed by atoms with van der Waals surface area (Å²) < 4.78 is 4.74. The zero-order chi connectivity index (χ0) is 18.7. The lowest BCUT2D eigenvalue weighted by molar-refractivity contribution is -0.144. The van der Waals surface area contributed by atoms with Gasteiger partial charge >= 0.3 is 5.97 Å². The molecule has 1 aromatic carbocycles. The zero-order valence-electron chi connectivity index (χ0n) is 14.9. The largest absolute Gasteiger partial charge is 0.456 e. The van der Waals surface area contributed by atoms with Crippen LogP contribution >= 0.6 is 11.3 Å². The number of aryl methyl sites for hydroxylation is 2. The second-order valence-electron chi connectivity index (χ2n) is 6.44. The van der Waals surface area contributed by atoms with E-state index in [1.165, 1.54) is 18.3 Å². The number of hydrogen-bond donors (Lipinski definition) is 1. The van der Waals surface area contributed by atoms with Crippen molar-refractivity contribution in [1.82, 2.24) is 0 Å². The first-order chi connectivity index (χ1) is 12.5. The molecule has 0 unspecified atom stereocenters. The van der Waals surface area contributed by atoms with Gasteiger partial charge in [-0.05, 0) is 38.2 Å². The van der Waals surface area contributed by atoms with E-state index in [0.29, 0.717) is 16.1 Å². The number of ketones is 1. The molecule has 0 spiro atoms. The fourth-order valence-corrected chi connectivity index (χ4v) is 4.38. The van der Waals surface area contributed by atoms with Crippen molar-refractivity contribution in [3.63, 3.8) is 0 Å². The van der Waals surface area contributed by atoms with Crippen molar-refractivity contribution in [2.45, 2.75) is 39.5 Å². The van der Waals surface area contributed by atoms with E-state index in [0.717, 1.165) is 41.7 Å². The lowest BCUT2D eigenvalue weighted by Crippen LogP contribution is -2.20. The minimum atomic E-state index is -0.512. The lowest BCUT2D eigenvalue weighted by atomic mass is 9.91. The molecule has 1 aliphatic carbocycles. The summed E-state index contributed by atoms with van der Waals surface area (Å²) in [7, 11) is 0. The van der Waals surface area contributed by atoms with Crippen molar-refractivity contribution < 1.29 is 19.1 Å². The highest BCUT2D eigenvalue weighted by Crippen LogP contribution is 2.39. The maximum atomic E-state index is 13.1. The number of rotatable bonds is 5. The molecule has 0 radical (unpaired) electrons. The van der Waals surface area contributed by atoms with Gasteiger partial charge in [-0.1, -0.05) is 29.8 Å². The van der Waals surface area contributed by atoms with Crippen LogP contribution in [0.1, 0.15) is 51.7 Å². The number of anilines is 1. The summed E-state index contributed by atoms with van der Waals surface area (Å²) in [5, 5.41) is 3.32. The van der Waals surface area contributed by atoms with Gasteiger partial charge in [-0.25, -0.2) is 0 Å². The van der Waals surface area contributed by atoms with E-state index in [1.807, 2.05) is 31.2 Å². The van der Waals surface area contributed by atoms with Crippen LogP contribution in [0.5, 0.6) is 0 Å². The Bertz CT molecular complexity index is 851. The van der Waals surface area contributed by atoms with Gasteiger partial charge in [0.25, 0.3) is 5.91 Å². The van der Waals surface area contributed by atoms with Crippen LogP contribution in [-0.2, 0) is 27.2 Å². The number of nitrogens with one attached hydrogen (secondary N) is 1. The van der Waals surface area contributed by atoms with E-state index in [9.17, 15) is 14.4 Å². The number of amides is 1. The van der Waals surface area contributed by atoms with E-state index in [-0.39, 0.29) is 12.4 Å². The number of esters is 1. The predicted octanol–water partition coefficient (Wildman–Crippen LogP) is 3.67. The molecular formula is C20H21NO4S. The number of thiophene rings is 1. The molecule has 1 aliphatic rings. The average molecular weight is 371 g/mol. The molecular weight excluding hydrogens is 350 g/mol. The SMILES string of the molecule is CC(=O)OCC(=O)Nc1sc2c(c1C(=O)c1ccc(C)cc1)CCCC2. The Labute approximate surface area is 156 Å². The van der Waals surface area contributed by atoms with Gasteiger partial charge < -0.3 is 10.1 Å². The van der Waals surface area contributed by atoms with Gasteiger partial charge in [0, 0.05) is 17.4 Å². The molecule has 1 N–H and O–H groups in total. The number of carbonyl (C=O) groups excluding carboxylic acids is 3. The van der Waals surface area contributed by atoms with Crippen LogP contribution < -0.4 is 5.32 Å².